The van der Waals surface area contributed by atoms with Crippen LogP contribution in [0.4, 0.5) is 0 Å². The second kappa shape index (κ2) is 4.50. The van der Waals surface area contributed by atoms with E-state index in [2.05, 4.69) is 0 Å². The Hall–Kier alpha value is -2.52. The van der Waals surface area contributed by atoms with E-state index in [0.717, 1.165) is 10.9 Å². The van der Waals surface area contributed by atoms with Crippen molar-refractivity contribution in [1.82, 2.24) is 0 Å². The summed E-state index contributed by atoms with van der Waals surface area (Å²) in [5, 5.41) is 1.88. The molecule has 4 rings (SSSR count). The molecule has 0 aliphatic rings. The summed E-state index contributed by atoms with van der Waals surface area (Å²) in [6.07, 6.45) is 0. The molecule has 0 amide bonds. The monoisotopic (exact) mass is 296 g/mol. The Morgan fingerprint density at radius 1 is 0.857 bits per heavy atom. The molecule has 0 spiro atoms. The Balaban J connectivity index is 2.05. The van der Waals surface area contributed by atoms with Crippen LogP contribution >= 0.6 is 11.6 Å². The molecule has 102 valence electrons. The van der Waals surface area contributed by atoms with Crippen molar-refractivity contribution in [1.29, 1.82) is 0 Å². The van der Waals surface area contributed by atoms with Crippen LogP contribution in [0.15, 0.2) is 68.2 Å². The molecule has 0 bridgehead atoms. The number of benzene rings is 2. The van der Waals surface area contributed by atoms with Crippen LogP contribution in [0.2, 0.25) is 5.02 Å². The van der Waals surface area contributed by atoms with Gasteiger partial charge in [0.2, 0.25) is 0 Å². The molecule has 4 heteroatoms. The Morgan fingerprint density at radius 2 is 1.62 bits per heavy atom. The van der Waals surface area contributed by atoms with E-state index < -0.39 is 5.63 Å². The third-order valence-electron chi connectivity index (χ3n) is 3.42. The molecule has 0 atom stereocenters. The normalized spacial score (nSPS) is 11.3. The molecule has 0 unspecified atom stereocenters. The average Bonchev–Trinajstić information content (AvgIpc) is 2.94. The topological polar surface area (TPSA) is 43.4 Å². The summed E-state index contributed by atoms with van der Waals surface area (Å²) in [7, 11) is 0. The molecular formula is C17H9ClO3. The molecule has 2 heterocycles. The molecule has 0 saturated carbocycles. The molecule has 0 aliphatic carbocycles. The molecule has 0 radical (unpaired) electrons. The highest BCUT2D eigenvalue weighted by atomic mass is 35.5. The van der Waals surface area contributed by atoms with E-state index in [4.69, 9.17) is 20.4 Å². The first-order valence-corrected chi connectivity index (χ1v) is 6.81. The molecule has 0 fully saturated rings. The van der Waals surface area contributed by atoms with E-state index in [-0.39, 0.29) is 0 Å². The first kappa shape index (κ1) is 12.2. The number of hydrogen-bond acceptors (Lipinski definition) is 3. The molecule has 2 aromatic heterocycles. The fourth-order valence-corrected chi connectivity index (χ4v) is 2.52. The molecule has 21 heavy (non-hydrogen) atoms. The summed E-state index contributed by atoms with van der Waals surface area (Å²) < 4.78 is 11.2. The third-order valence-corrected chi connectivity index (χ3v) is 3.67. The van der Waals surface area contributed by atoms with Crippen LogP contribution in [0.1, 0.15) is 0 Å². The van der Waals surface area contributed by atoms with Crippen molar-refractivity contribution >= 4 is 33.5 Å². The summed E-state index contributed by atoms with van der Waals surface area (Å²) >= 11 is 5.89. The number of rotatable bonds is 1. The molecule has 0 aliphatic heterocycles. The summed E-state index contributed by atoms with van der Waals surface area (Å²) in [5.41, 5.74) is 1.53. The summed E-state index contributed by atoms with van der Waals surface area (Å²) in [6.45, 7) is 0. The Bertz CT molecular complexity index is 1010. The van der Waals surface area contributed by atoms with Gasteiger partial charge in [0.1, 0.15) is 16.7 Å². The van der Waals surface area contributed by atoms with Crippen LogP contribution in [0.25, 0.3) is 33.3 Å². The van der Waals surface area contributed by atoms with Crippen molar-refractivity contribution in [3.63, 3.8) is 0 Å². The molecular weight excluding hydrogens is 288 g/mol. The van der Waals surface area contributed by atoms with Crippen molar-refractivity contribution in [2.45, 2.75) is 0 Å². The first-order chi connectivity index (χ1) is 10.2. The predicted octanol–water partition coefficient (Wildman–Crippen LogP) is 4.86. The van der Waals surface area contributed by atoms with Crippen LogP contribution in [-0.4, -0.2) is 0 Å². The van der Waals surface area contributed by atoms with Crippen molar-refractivity contribution in [2.24, 2.45) is 0 Å². The number of halogens is 1. The van der Waals surface area contributed by atoms with Gasteiger partial charge in [-0.2, -0.15) is 0 Å². The number of fused-ring (bicyclic) bond motifs is 3. The zero-order chi connectivity index (χ0) is 14.4. The lowest BCUT2D eigenvalue weighted by Gasteiger charge is -1.97. The zero-order valence-corrected chi connectivity index (χ0v) is 11.6. The quantitative estimate of drug-likeness (QED) is 0.471. The zero-order valence-electron chi connectivity index (χ0n) is 10.8. The van der Waals surface area contributed by atoms with Gasteiger partial charge in [-0.1, -0.05) is 23.7 Å². The second-order valence-corrected chi connectivity index (χ2v) is 5.18. The highest BCUT2D eigenvalue weighted by Gasteiger charge is 2.14. The fourth-order valence-electron chi connectivity index (χ4n) is 2.40. The molecule has 2 aromatic carbocycles. The van der Waals surface area contributed by atoms with E-state index in [1.807, 2.05) is 30.3 Å². The van der Waals surface area contributed by atoms with E-state index in [9.17, 15) is 4.79 Å². The maximum atomic E-state index is 12.0. The van der Waals surface area contributed by atoms with Gasteiger partial charge in [0, 0.05) is 10.6 Å². The maximum Gasteiger partial charge on any atom is 0.347 e. The smallest absolute Gasteiger partial charge is 0.347 e. The Morgan fingerprint density at radius 3 is 2.43 bits per heavy atom. The first-order valence-electron chi connectivity index (χ1n) is 6.44. The van der Waals surface area contributed by atoms with Crippen LogP contribution in [-0.2, 0) is 0 Å². The number of hydrogen-bond donors (Lipinski definition) is 0. The minimum atomic E-state index is -0.396. The van der Waals surface area contributed by atoms with Crippen molar-refractivity contribution in [3.05, 3.63) is 70.0 Å². The average molecular weight is 297 g/mol. The largest absolute Gasteiger partial charge is 0.455 e. The summed E-state index contributed by atoms with van der Waals surface area (Å²) in [5.74, 6) is 0.616. The van der Waals surface area contributed by atoms with E-state index in [1.54, 1.807) is 24.3 Å². The minimum Gasteiger partial charge on any atom is -0.455 e. The van der Waals surface area contributed by atoms with E-state index >= 15 is 0 Å². The van der Waals surface area contributed by atoms with Crippen molar-refractivity contribution in [3.8, 4) is 11.3 Å². The predicted molar refractivity (Wildman–Crippen MR) is 82.7 cm³/mol. The van der Waals surface area contributed by atoms with Gasteiger partial charge >= 0.3 is 5.63 Å². The summed E-state index contributed by atoms with van der Waals surface area (Å²) in [4.78, 5) is 12.0. The summed E-state index contributed by atoms with van der Waals surface area (Å²) in [6, 6.07) is 16.3. The third kappa shape index (κ3) is 1.94. The van der Waals surface area contributed by atoms with Gasteiger partial charge in [-0.25, -0.2) is 4.79 Å². The SMILES string of the molecule is O=c1oc2ccccc2c2oc(-c3ccc(Cl)cc3)cc12. The highest BCUT2D eigenvalue weighted by Crippen LogP contribution is 2.31. The molecule has 4 aromatic rings. The standard InChI is InChI=1S/C17H9ClO3/c18-11-7-5-10(6-8-11)15-9-13-16(20-15)12-3-1-2-4-14(12)21-17(13)19/h1-9H. The minimum absolute atomic E-state index is 0.396. The maximum absolute atomic E-state index is 12.0. The molecule has 0 saturated heterocycles. The Labute approximate surface area is 124 Å². The van der Waals surface area contributed by atoms with Gasteiger partial charge in [-0.15, -0.1) is 0 Å². The van der Waals surface area contributed by atoms with Gasteiger partial charge < -0.3 is 8.83 Å². The van der Waals surface area contributed by atoms with Crippen molar-refractivity contribution < 1.29 is 8.83 Å². The fraction of sp³-hybridized carbons (Fsp3) is 0. The van der Waals surface area contributed by atoms with Gasteiger partial charge in [-0.05, 0) is 42.5 Å². The van der Waals surface area contributed by atoms with E-state index in [0.29, 0.717) is 27.3 Å². The van der Waals surface area contributed by atoms with Gasteiger partial charge in [0.25, 0.3) is 0 Å². The molecule has 3 nitrogen and oxygen atoms in total. The highest BCUT2D eigenvalue weighted by molar-refractivity contribution is 6.30. The van der Waals surface area contributed by atoms with Crippen LogP contribution < -0.4 is 5.63 Å². The lowest BCUT2D eigenvalue weighted by atomic mass is 10.1. The van der Waals surface area contributed by atoms with Crippen LogP contribution in [0.5, 0.6) is 0 Å². The molecule has 0 N–H and O–H groups in total. The number of furan rings is 1. The van der Waals surface area contributed by atoms with Gasteiger partial charge in [0.15, 0.2) is 5.58 Å². The van der Waals surface area contributed by atoms with Gasteiger partial charge in [0.05, 0.1) is 5.39 Å². The lowest BCUT2D eigenvalue weighted by Crippen LogP contribution is -1.97. The van der Waals surface area contributed by atoms with Crippen LogP contribution in [0, 0.1) is 0 Å². The van der Waals surface area contributed by atoms with Crippen molar-refractivity contribution in [2.75, 3.05) is 0 Å². The lowest BCUT2D eigenvalue weighted by molar-refractivity contribution is 0.565. The Kier molecular flexibility index (Phi) is 2.62. The van der Waals surface area contributed by atoms with E-state index in [1.165, 1.54) is 0 Å². The van der Waals surface area contributed by atoms with Gasteiger partial charge in [-0.3, -0.25) is 0 Å². The second-order valence-electron chi connectivity index (χ2n) is 4.75. The number of para-hydroxylation sites is 1. The van der Waals surface area contributed by atoms with Crippen LogP contribution in [0.3, 0.4) is 0 Å².